The molecule has 0 spiro atoms. The number of aliphatic hydroxyl groups is 1. The van der Waals surface area contributed by atoms with Gasteiger partial charge in [-0.2, -0.15) is 0 Å². The molecular formula is C16H24O2. The highest BCUT2D eigenvalue weighted by Gasteiger charge is 2.25. The zero-order chi connectivity index (χ0) is 12.8. The van der Waals surface area contributed by atoms with Crippen LogP contribution in [0.1, 0.15) is 44.6 Å². The quantitative estimate of drug-likeness (QED) is 0.885. The van der Waals surface area contributed by atoms with Crippen molar-refractivity contribution in [2.24, 2.45) is 0 Å². The summed E-state index contributed by atoms with van der Waals surface area (Å²) in [7, 11) is 0. The maximum atomic E-state index is 9.93. The molecule has 0 bridgehead atoms. The number of hydrogen-bond donors (Lipinski definition) is 1. The van der Waals surface area contributed by atoms with Gasteiger partial charge >= 0.3 is 0 Å². The van der Waals surface area contributed by atoms with E-state index in [1.807, 2.05) is 0 Å². The zero-order valence-electron chi connectivity index (χ0n) is 11.2. The molecule has 2 nitrogen and oxygen atoms in total. The first-order chi connectivity index (χ1) is 8.79. The normalized spacial score (nSPS) is 28.9. The van der Waals surface area contributed by atoms with Crippen molar-refractivity contribution in [1.29, 1.82) is 0 Å². The topological polar surface area (TPSA) is 29.5 Å². The van der Waals surface area contributed by atoms with Crippen molar-refractivity contribution in [2.45, 2.75) is 63.8 Å². The van der Waals surface area contributed by atoms with Crippen LogP contribution in [-0.4, -0.2) is 23.4 Å². The third-order valence-corrected chi connectivity index (χ3v) is 3.82. The number of hydrogen-bond acceptors (Lipinski definition) is 2. The highest BCUT2D eigenvalue weighted by atomic mass is 16.5. The van der Waals surface area contributed by atoms with Gasteiger partial charge in [0.2, 0.25) is 0 Å². The van der Waals surface area contributed by atoms with Crippen molar-refractivity contribution in [2.75, 3.05) is 0 Å². The summed E-state index contributed by atoms with van der Waals surface area (Å²) < 4.78 is 6.04. The number of ether oxygens (including phenoxy) is 1. The molecule has 1 aliphatic rings. The van der Waals surface area contributed by atoms with E-state index in [1.165, 1.54) is 5.56 Å². The van der Waals surface area contributed by atoms with Crippen LogP contribution in [0.2, 0.25) is 0 Å². The minimum absolute atomic E-state index is 0.0354. The minimum Gasteiger partial charge on any atom is -0.390 e. The molecule has 2 heteroatoms. The monoisotopic (exact) mass is 248 g/mol. The van der Waals surface area contributed by atoms with Crippen molar-refractivity contribution < 1.29 is 9.84 Å². The van der Waals surface area contributed by atoms with Crippen LogP contribution >= 0.6 is 0 Å². The van der Waals surface area contributed by atoms with Gasteiger partial charge in [0.25, 0.3) is 0 Å². The van der Waals surface area contributed by atoms with Crippen LogP contribution < -0.4 is 0 Å². The molecule has 0 unspecified atom stereocenters. The Balaban J connectivity index is 1.85. The molecule has 1 saturated heterocycles. The summed E-state index contributed by atoms with van der Waals surface area (Å²) in [6.45, 7) is 2.09. The van der Waals surface area contributed by atoms with E-state index in [-0.39, 0.29) is 12.2 Å². The fraction of sp³-hybridized carbons (Fsp3) is 0.625. The molecule has 100 valence electrons. The van der Waals surface area contributed by atoms with Crippen molar-refractivity contribution >= 4 is 0 Å². The van der Waals surface area contributed by atoms with Crippen molar-refractivity contribution in [3.8, 4) is 0 Å². The predicted molar refractivity (Wildman–Crippen MR) is 73.6 cm³/mol. The molecule has 1 heterocycles. The standard InChI is InChI=1S/C16H24O2/c1-2-16-15(17)10-6-9-14(18-16)12-11-13-7-4-3-5-8-13/h3-5,7-8,14-17H,2,6,9-12H2,1H3/t14-,15+,16-/m1/s1. The Bertz CT molecular complexity index is 336. The first kappa shape index (κ1) is 13.6. The number of aryl methyl sites for hydroxylation is 1. The Labute approximate surface area is 110 Å². The molecule has 1 N–H and O–H groups in total. The van der Waals surface area contributed by atoms with E-state index >= 15 is 0 Å². The Morgan fingerprint density at radius 2 is 2.00 bits per heavy atom. The second kappa shape index (κ2) is 6.91. The molecule has 3 atom stereocenters. The van der Waals surface area contributed by atoms with Gasteiger partial charge in [-0.3, -0.25) is 0 Å². The lowest BCUT2D eigenvalue weighted by Crippen LogP contribution is -2.29. The van der Waals surface area contributed by atoms with E-state index in [0.717, 1.165) is 38.5 Å². The molecule has 1 aliphatic heterocycles. The summed E-state index contributed by atoms with van der Waals surface area (Å²) >= 11 is 0. The van der Waals surface area contributed by atoms with Gasteiger partial charge in [-0.1, -0.05) is 37.3 Å². The highest BCUT2D eigenvalue weighted by molar-refractivity contribution is 5.14. The second-order valence-corrected chi connectivity index (χ2v) is 5.23. The van der Waals surface area contributed by atoms with Gasteiger partial charge in [0.05, 0.1) is 18.3 Å². The Hall–Kier alpha value is -0.860. The van der Waals surface area contributed by atoms with Gasteiger partial charge in [0, 0.05) is 0 Å². The lowest BCUT2D eigenvalue weighted by atomic mass is 10.0. The molecule has 2 rings (SSSR count). The molecule has 1 aromatic rings. The van der Waals surface area contributed by atoms with Gasteiger partial charge in [-0.15, -0.1) is 0 Å². The Kier molecular flexibility index (Phi) is 5.21. The molecule has 18 heavy (non-hydrogen) atoms. The van der Waals surface area contributed by atoms with Gasteiger partial charge in [-0.25, -0.2) is 0 Å². The van der Waals surface area contributed by atoms with Crippen molar-refractivity contribution in [3.63, 3.8) is 0 Å². The number of aliphatic hydroxyl groups excluding tert-OH is 1. The van der Waals surface area contributed by atoms with Gasteiger partial charge in [0.1, 0.15) is 0 Å². The molecule has 0 amide bonds. The van der Waals surface area contributed by atoms with Crippen molar-refractivity contribution in [3.05, 3.63) is 35.9 Å². The average molecular weight is 248 g/mol. The van der Waals surface area contributed by atoms with Crippen LogP contribution in [0, 0.1) is 0 Å². The van der Waals surface area contributed by atoms with Crippen LogP contribution in [0.4, 0.5) is 0 Å². The first-order valence-electron chi connectivity index (χ1n) is 7.17. The van der Waals surface area contributed by atoms with Crippen LogP contribution in [0.15, 0.2) is 30.3 Å². The summed E-state index contributed by atoms with van der Waals surface area (Å²) in [6, 6.07) is 10.6. The van der Waals surface area contributed by atoms with E-state index in [9.17, 15) is 5.11 Å². The second-order valence-electron chi connectivity index (χ2n) is 5.23. The maximum absolute atomic E-state index is 9.93. The Morgan fingerprint density at radius 1 is 1.22 bits per heavy atom. The molecule has 1 fully saturated rings. The number of rotatable bonds is 4. The van der Waals surface area contributed by atoms with Gasteiger partial charge in [-0.05, 0) is 44.1 Å². The zero-order valence-corrected chi connectivity index (χ0v) is 11.2. The van der Waals surface area contributed by atoms with E-state index < -0.39 is 0 Å². The third kappa shape index (κ3) is 3.82. The number of benzene rings is 1. The highest BCUT2D eigenvalue weighted by Crippen LogP contribution is 2.23. The average Bonchev–Trinajstić information content (AvgIpc) is 2.59. The summed E-state index contributed by atoms with van der Waals surface area (Å²) in [6.07, 6.45) is 6.17. The van der Waals surface area contributed by atoms with Crippen molar-refractivity contribution in [1.82, 2.24) is 0 Å². The Morgan fingerprint density at radius 3 is 2.72 bits per heavy atom. The fourth-order valence-electron chi connectivity index (χ4n) is 2.70. The van der Waals surface area contributed by atoms with Crippen LogP contribution in [0.25, 0.3) is 0 Å². The summed E-state index contributed by atoms with van der Waals surface area (Å²) in [5, 5.41) is 9.93. The predicted octanol–water partition coefficient (Wildman–Crippen LogP) is 3.33. The summed E-state index contributed by atoms with van der Waals surface area (Å²) in [5.74, 6) is 0. The fourth-order valence-corrected chi connectivity index (χ4v) is 2.70. The van der Waals surface area contributed by atoms with Gasteiger partial charge in [0.15, 0.2) is 0 Å². The first-order valence-corrected chi connectivity index (χ1v) is 7.17. The summed E-state index contributed by atoms with van der Waals surface area (Å²) in [5.41, 5.74) is 1.37. The molecule has 1 aromatic carbocycles. The SMILES string of the molecule is CC[C@H]1O[C@@H](CCc2ccccc2)CCC[C@@H]1O. The van der Waals surface area contributed by atoms with Crippen LogP contribution in [0.5, 0.6) is 0 Å². The van der Waals surface area contributed by atoms with E-state index in [2.05, 4.69) is 37.3 Å². The lowest BCUT2D eigenvalue weighted by molar-refractivity contribution is -0.0678. The van der Waals surface area contributed by atoms with E-state index in [0.29, 0.717) is 6.10 Å². The minimum atomic E-state index is -0.267. The summed E-state index contributed by atoms with van der Waals surface area (Å²) in [4.78, 5) is 0. The molecule has 0 saturated carbocycles. The van der Waals surface area contributed by atoms with Crippen LogP contribution in [0.3, 0.4) is 0 Å². The largest absolute Gasteiger partial charge is 0.390 e. The van der Waals surface area contributed by atoms with E-state index in [4.69, 9.17) is 4.74 Å². The molecular weight excluding hydrogens is 224 g/mol. The molecule has 0 aromatic heterocycles. The lowest BCUT2D eigenvalue weighted by Gasteiger charge is -2.23. The van der Waals surface area contributed by atoms with Crippen LogP contribution in [-0.2, 0) is 11.2 Å². The molecule has 0 aliphatic carbocycles. The maximum Gasteiger partial charge on any atom is 0.0835 e. The van der Waals surface area contributed by atoms with Gasteiger partial charge < -0.3 is 9.84 Å². The molecule has 0 radical (unpaired) electrons. The van der Waals surface area contributed by atoms with E-state index in [1.54, 1.807) is 0 Å². The smallest absolute Gasteiger partial charge is 0.0835 e. The third-order valence-electron chi connectivity index (χ3n) is 3.82.